The summed E-state index contributed by atoms with van der Waals surface area (Å²) in [6.07, 6.45) is 5.63. The molecular weight excluding hydrogens is 340 g/mol. The minimum absolute atomic E-state index is 0.157. The van der Waals surface area contributed by atoms with Crippen LogP contribution in [0.1, 0.15) is 32.1 Å². The lowest BCUT2D eigenvalue weighted by Crippen LogP contribution is -2.24. The van der Waals surface area contributed by atoms with Crippen molar-refractivity contribution < 1.29 is 19.8 Å². The molecule has 0 radical (unpaired) electrons. The van der Waals surface area contributed by atoms with E-state index in [0.29, 0.717) is 12.0 Å². The first-order valence-electron chi connectivity index (χ1n) is 7.24. The molecule has 2 rings (SSSR count). The van der Waals surface area contributed by atoms with Gasteiger partial charge in [0.05, 0.1) is 11.5 Å². The monoisotopic (exact) mass is 358 g/mol. The quantitative estimate of drug-likeness (QED) is 0.594. The van der Waals surface area contributed by atoms with Gasteiger partial charge in [-0.3, -0.25) is 9.59 Å². The summed E-state index contributed by atoms with van der Waals surface area (Å²) < 4.78 is 0. The van der Waals surface area contributed by atoms with Crippen LogP contribution in [0.4, 0.5) is 5.95 Å². The summed E-state index contributed by atoms with van der Waals surface area (Å²) in [5, 5.41) is 21.3. The smallest absolute Gasteiger partial charge is 0.313 e. The van der Waals surface area contributed by atoms with Crippen LogP contribution in [0.2, 0.25) is 0 Å². The van der Waals surface area contributed by atoms with Crippen LogP contribution in [0.15, 0.2) is 10.3 Å². The van der Waals surface area contributed by atoms with E-state index in [4.69, 9.17) is 10.2 Å². The molecule has 0 amide bonds. The molecule has 0 aromatic carbocycles. The predicted octanol–water partition coefficient (Wildman–Crippen LogP) is 1.97. The lowest BCUT2D eigenvalue weighted by molar-refractivity contribution is -0.134. The normalized spacial score (nSPS) is 15.3. The Hall–Kier alpha value is -1.55. The first kappa shape index (κ1) is 17.8. The van der Waals surface area contributed by atoms with E-state index in [1.807, 2.05) is 0 Å². The third-order valence-electron chi connectivity index (χ3n) is 3.18. The average Bonchev–Trinajstić information content (AvgIpc) is 2.52. The SMILES string of the molecule is O=C(O)CSc1nc(NC2CCCCC2)nc(SCC(=O)O)n1. The Bertz CT molecular complexity index is 531. The minimum atomic E-state index is -0.961. The summed E-state index contributed by atoms with van der Waals surface area (Å²) in [5.74, 6) is -1.85. The second kappa shape index (κ2) is 8.92. The van der Waals surface area contributed by atoms with E-state index in [9.17, 15) is 9.59 Å². The summed E-state index contributed by atoms with van der Waals surface area (Å²) >= 11 is 1.98. The van der Waals surface area contributed by atoms with Gasteiger partial charge in [-0.05, 0) is 12.8 Å². The fourth-order valence-corrected chi connectivity index (χ4v) is 3.38. The van der Waals surface area contributed by atoms with E-state index in [1.54, 1.807) is 0 Å². The van der Waals surface area contributed by atoms with E-state index in [0.717, 1.165) is 49.2 Å². The highest BCUT2D eigenvalue weighted by Gasteiger charge is 2.16. The van der Waals surface area contributed by atoms with Crippen molar-refractivity contribution in [2.75, 3.05) is 16.8 Å². The van der Waals surface area contributed by atoms with Gasteiger partial charge in [0.2, 0.25) is 5.95 Å². The van der Waals surface area contributed by atoms with Gasteiger partial charge in [-0.15, -0.1) is 0 Å². The van der Waals surface area contributed by atoms with Gasteiger partial charge >= 0.3 is 11.9 Å². The molecule has 1 heterocycles. The maximum Gasteiger partial charge on any atom is 0.313 e. The molecule has 0 bridgehead atoms. The number of thioether (sulfide) groups is 2. The van der Waals surface area contributed by atoms with Crippen LogP contribution >= 0.6 is 23.5 Å². The molecule has 1 aliphatic carbocycles. The third kappa shape index (κ3) is 6.61. The lowest BCUT2D eigenvalue weighted by atomic mass is 9.96. The van der Waals surface area contributed by atoms with E-state index in [2.05, 4.69) is 20.3 Å². The highest BCUT2D eigenvalue weighted by molar-refractivity contribution is 8.00. The number of anilines is 1. The summed E-state index contributed by atoms with van der Waals surface area (Å²) in [6, 6.07) is 0.292. The second-order valence-electron chi connectivity index (χ2n) is 5.07. The predicted molar refractivity (Wildman–Crippen MR) is 87.0 cm³/mol. The molecule has 0 atom stereocenters. The summed E-state index contributed by atoms with van der Waals surface area (Å²) in [6.45, 7) is 0. The molecule has 1 aromatic rings. The molecule has 1 aromatic heterocycles. The number of rotatable bonds is 8. The summed E-state index contributed by atoms with van der Waals surface area (Å²) in [4.78, 5) is 33.9. The van der Waals surface area contributed by atoms with Crippen molar-refractivity contribution >= 4 is 41.4 Å². The standard InChI is InChI=1S/C13H18N4O4S2/c18-9(19)6-22-12-15-11(14-8-4-2-1-3-5-8)16-13(17-12)23-7-10(20)21/h8H,1-7H2,(H,18,19)(H,20,21)(H,14,15,16,17). The van der Waals surface area contributed by atoms with E-state index in [1.165, 1.54) is 6.42 Å². The maximum atomic E-state index is 10.7. The molecule has 0 saturated heterocycles. The topological polar surface area (TPSA) is 125 Å². The van der Waals surface area contributed by atoms with Gasteiger partial charge in [-0.25, -0.2) is 0 Å². The van der Waals surface area contributed by atoms with E-state index in [-0.39, 0.29) is 21.8 Å². The minimum Gasteiger partial charge on any atom is -0.481 e. The number of aromatic nitrogens is 3. The van der Waals surface area contributed by atoms with Crippen LogP contribution < -0.4 is 5.32 Å². The van der Waals surface area contributed by atoms with Gasteiger partial charge in [0.15, 0.2) is 10.3 Å². The Morgan fingerprint density at radius 2 is 1.48 bits per heavy atom. The number of nitrogens with zero attached hydrogens (tertiary/aromatic N) is 3. The van der Waals surface area contributed by atoms with E-state index < -0.39 is 11.9 Å². The van der Waals surface area contributed by atoms with Crippen molar-refractivity contribution in [3.8, 4) is 0 Å². The molecule has 0 unspecified atom stereocenters. The van der Waals surface area contributed by atoms with Crippen LogP contribution in [0.3, 0.4) is 0 Å². The number of hydrogen-bond acceptors (Lipinski definition) is 8. The average molecular weight is 358 g/mol. The van der Waals surface area contributed by atoms with Crippen LogP contribution in [-0.2, 0) is 9.59 Å². The largest absolute Gasteiger partial charge is 0.481 e. The summed E-state index contributed by atoms with van der Waals surface area (Å²) in [7, 11) is 0. The first-order chi connectivity index (χ1) is 11.0. The van der Waals surface area contributed by atoms with Crippen molar-refractivity contribution in [3.05, 3.63) is 0 Å². The molecule has 1 fully saturated rings. The number of aliphatic carboxylic acids is 2. The van der Waals surface area contributed by atoms with Gasteiger partial charge in [0.25, 0.3) is 0 Å². The number of carboxylic acid groups (broad SMARTS) is 2. The summed E-state index contributed by atoms with van der Waals surface area (Å²) in [5.41, 5.74) is 0. The second-order valence-corrected chi connectivity index (χ2v) is 6.95. The van der Waals surface area contributed by atoms with Gasteiger partial charge < -0.3 is 15.5 Å². The van der Waals surface area contributed by atoms with Gasteiger partial charge in [0.1, 0.15) is 0 Å². The van der Waals surface area contributed by atoms with Crippen molar-refractivity contribution in [1.29, 1.82) is 0 Å². The molecule has 23 heavy (non-hydrogen) atoms. The number of nitrogens with one attached hydrogen (secondary N) is 1. The Morgan fingerprint density at radius 1 is 0.957 bits per heavy atom. The fourth-order valence-electron chi connectivity index (χ4n) is 2.21. The van der Waals surface area contributed by atoms with E-state index >= 15 is 0 Å². The van der Waals surface area contributed by atoms with Gasteiger partial charge in [0, 0.05) is 6.04 Å². The van der Waals surface area contributed by atoms with Crippen molar-refractivity contribution in [1.82, 2.24) is 15.0 Å². The molecule has 3 N–H and O–H groups in total. The van der Waals surface area contributed by atoms with Crippen LogP contribution in [-0.4, -0.2) is 54.7 Å². The molecule has 8 nitrogen and oxygen atoms in total. The fraction of sp³-hybridized carbons (Fsp3) is 0.615. The Kier molecular flexibility index (Phi) is 6.90. The Balaban J connectivity index is 2.09. The van der Waals surface area contributed by atoms with Crippen LogP contribution in [0, 0.1) is 0 Å². The molecule has 1 aliphatic rings. The van der Waals surface area contributed by atoms with Crippen molar-refractivity contribution in [2.24, 2.45) is 0 Å². The van der Waals surface area contributed by atoms with Crippen LogP contribution in [0.5, 0.6) is 0 Å². The zero-order chi connectivity index (χ0) is 16.7. The zero-order valence-electron chi connectivity index (χ0n) is 12.4. The van der Waals surface area contributed by atoms with Gasteiger partial charge in [-0.2, -0.15) is 15.0 Å². The van der Waals surface area contributed by atoms with Gasteiger partial charge in [-0.1, -0.05) is 42.8 Å². The van der Waals surface area contributed by atoms with Crippen molar-refractivity contribution in [2.45, 2.75) is 48.5 Å². The molecule has 0 aliphatic heterocycles. The Labute approximate surface area is 141 Å². The van der Waals surface area contributed by atoms with Crippen molar-refractivity contribution in [3.63, 3.8) is 0 Å². The lowest BCUT2D eigenvalue weighted by Gasteiger charge is -2.22. The number of carboxylic acids is 2. The molecule has 1 saturated carbocycles. The Morgan fingerprint density at radius 3 is 1.96 bits per heavy atom. The molecule has 0 spiro atoms. The third-order valence-corrected chi connectivity index (χ3v) is 4.85. The number of carbonyl (C=O) groups is 2. The molecular formula is C13H18N4O4S2. The maximum absolute atomic E-state index is 10.7. The highest BCUT2D eigenvalue weighted by Crippen LogP contribution is 2.23. The molecule has 10 heteroatoms. The first-order valence-corrected chi connectivity index (χ1v) is 9.22. The highest BCUT2D eigenvalue weighted by atomic mass is 32.2. The molecule has 126 valence electrons. The number of hydrogen-bond donors (Lipinski definition) is 3. The zero-order valence-corrected chi connectivity index (χ0v) is 14.0. The van der Waals surface area contributed by atoms with Crippen LogP contribution in [0.25, 0.3) is 0 Å².